The van der Waals surface area contributed by atoms with Gasteiger partial charge in [-0.3, -0.25) is 9.78 Å². The highest BCUT2D eigenvalue weighted by atomic mass is 32.1. The van der Waals surface area contributed by atoms with Crippen LogP contribution in [0.1, 0.15) is 23.0 Å². The number of aromatic nitrogens is 1. The molecule has 1 aliphatic rings. The number of carbonyl (C=O) groups excluding carboxylic acids is 1. The van der Waals surface area contributed by atoms with Gasteiger partial charge in [-0.05, 0) is 18.4 Å². The number of carbonyl (C=O) groups is 1. The van der Waals surface area contributed by atoms with Gasteiger partial charge in [0.2, 0.25) is 0 Å². The van der Waals surface area contributed by atoms with Crippen molar-refractivity contribution in [1.82, 2.24) is 9.88 Å². The topological polar surface area (TPSA) is 79.5 Å². The summed E-state index contributed by atoms with van der Waals surface area (Å²) in [5.74, 6) is 0.151. The van der Waals surface area contributed by atoms with Crippen molar-refractivity contribution < 1.29 is 9.90 Å². The Bertz CT molecular complexity index is 655. The van der Waals surface area contributed by atoms with Crippen molar-refractivity contribution >= 4 is 33.0 Å². The van der Waals surface area contributed by atoms with Crippen LogP contribution in [0.5, 0.6) is 0 Å². The van der Waals surface area contributed by atoms with Crippen molar-refractivity contribution in [1.29, 1.82) is 0 Å². The number of amides is 1. The van der Waals surface area contributed by atoms with E-state index in [1.807, 2.05) is 13.0 Å². The van der Waals surface area contributed by atoms with Gasteiger partial charge in [0, 0.05) is 30.9 Å². The maximum absolute atomic E-state index is 12.6. The lowest BCUT2D eigenvalue weighted by molar-refractivity contribution is 0.0252. The molecular formula is C14H17N3O2S. The van der Waals surface area contributed by atoms with Crippen LogP contribution in [0, 0.1) is 5.92 Å². The van der Waals surface area contributed by atoms with Crippen LogP contribution in [0.3, 0.4) is 0 Å². The van der Waals surface area contributed by atoms with Crippen molar-refractivity contribution in [2.45, 2.75) is 19.4 Å². The molecule has 1 saturated heterocycles. The van der Waals surface area contributed by atoms with E-state index in [1.54, 1.807) is 17.3 Å². The molecule has 2 aromatic heterocycles. The van der Waals surface area contributed by atoms with E-state index >= 15 is 0 Å². The Hall–Kier alpha value is -1.66. The minimum atomic E-state index is -0.454. The van der Waals surface area contributed by atoms with Gasteiger partial charge in [0.15, 0.2) is 0 Å². The molecule has 0 aromatic carbocycles. The molecule has 0 saturated carbocycles. The first-order valence-electron chi connectivity index (χ1n) is 6.67. The highest BCUT2D eigenvalue weighted by Crippen LogP contribution is 2.34. The monoisotopic (exact) mass is 291 g/mol. The molecule has 2 unspecified atom stereocenters. The van der Waals surface area contributed by atoms with Crippen molar-refractivity contribution in [2.24, 2.45) is 5.92 Å². The van der Waals surface area contributed by atoms with E-state index in [0.717, 1.165) is 16.5 Å². The van der Waals surface area contributed by atoms with E-state index in [1.165, 1.54) is 11.3 Å². The molecule has 0 aliphatic carbocycles. The molecule has 2 aromatic rings. The summed E-state index contributed by atoms with van der Waals surface area (Å²) < 4.78 is 0.916. The van der Waals surface area contributed by atoms with Gasteiger partial charge in [0.25, 0.3) is 5.91 Å². The van der Waals surface area contributed by atoms with Crippen LogP contribution in [0.15, 0.2) is 18.5 Å². The number of hydrogen-bond acceptors (Lipinski definition) is 5. The maximum Gasteiger partial charge on any atom is 0.266 e. The number of pyridine rings is 1. The molecular weight excluding hydrogens is 274 g/mol. The zero-order chi connectivity index (χ0) is 14.3. The minimum Gasteiger partial charge on any atom is -0.397 e. The van der Waals surface area contributed by atoms with E-state index in [2.05, 4.69) is 4.98 Å². The number of hydrogen-bond donors (Lipinski definition) is 2. The molecule has 0 radical (unpaired) electrons. The van der Waals surface area contributed by atoms with E-state index < -0.39 is 6.10 Å². The zero-order valence-electron chi connectivity index (χ0n) is 11.2. The van der Waals surface area contributed by atoms with E-state index in [9.17, 15) is 9.90 Å². The number of fused-ring (bicyclic) bond motifs is 1. The van der Waals surface area contributed by atoms with Crippen LogP contribution in [0.4, 0.5) is 5.69 Å². The van der Waals surface area contributed by atoms with E-state index in [-0.39, 0.29) is 11.8 Å². The Balaban J connectivity index is 1.91. The molecule has 2 atom stereocenters. The molecule has 6 heteroatoms. The number of nitrogens with zero attached hydrogens (tertiary/aromatic N) is 2. The average molecular weight is 291 g/mol. The van der Waals surface area contributed by atoms with Gasteiger partial charge >= 0.3 is 0 Å². The number of thiophene rings is 1. The van der Waals surface area contributed by atoms with Gasteiger partial charge in [0.1, 0.15) is 4.88 Å². The SMILES string of the molecule is CC1CCN(C(=O)c2sc3cnccc3c2N)CC1O. The summed E-state index contributed by atoms with van der Waals surface area (Å²) in [7, 11) is 0. The standard InChI is InChI=1S/C14H17N3O2S/c1-8-3-5-17(7-10(8)18)14(19)13-12(15)9-2-4-16-6-11(9)20-13/h2,4,6,8,10,18H,3,5,7,15H2,1H3. The van der Waals surface area contributed by atoms with Crippen molar-refractivity contribution in [3.63, 3.8) is 0 Å². The summed E-state index contributed by atoms with van der Waals surface area (Å²) in [4.78, 5) is 18.9. The number of aliphatic hydroxyl groups is 1. The van der Waals surface area contributed by atoms with Crippen molar-refractivity contribution in [3.8, 4) is 0 Å². The van der Waals surface area contributed by atoms with Crippen LogP contribution < -0.4 is 5.73 Å². The molecule has 5 nitrogen and oxygen atoms in total. The number of likely N-dealkylation sites (tertiary alicyclic amines) is 1. The average Bonchev–Trinajstić information content (AvgIpc) is 2.79. The first-order valence-corrected chi connectivity index (χ1v) is 7.49. The van der Waals surface area contributed by atoms with Gasteiger partial charge in [-0.15, -0.1) is 11.3 Å². The van der Waals surface area contributed by atoms with Crippen LogP contribution in [-0.2, 0) is 0 Å². The third-order valence-electron chi connectivity index (χ3n) is 3.93. The van der Waals surface area contributed by atoms with Crippen LogP contribution in [-0.4, -0.2) is 40.1 Å². The fourth-order valence-corrected chi connectivity index (χ4v) is 3.56. The molecule has 0 bridgehead atoms. The molecule has 0 spiro atoms. The number of nitrogens with two attached hydrogens (primary N) is 1. The molecule has 3 heterocycles. The highest BCUT2D eigenvalue weighted by Gasteiger charge is 2.29. The highest BCUT2D eigenvalue weighted by molar-refractivity contribution is 7.21. The lowest BCUT2D eigenvalue weighted by atomic mass is 9.96. The Morgan fingerprint density at radius 2 is 2.40 bits per heavy atom. The summed E-state index contributed by atoms with van der Waals surface area (Å²) >= 11 is 1.37. The number of rotatable bonds is 1. The summed E-state index contributed by atoms with van der Waals surface area (Å²) in [5.41, 5.74) is 6.60. The smallest absolute Gasteiger partial charge is 0.266 e. The summed E-state index contributed by atoms with van der Waals surface area (Å²) in [6, 6.07) is 1.82. The van der Waals surface area contributed by atoms with Gasteiger partial charge in [-0.1, -0.05) is 6.92 Å². The molecule has 3 rings (SSSR count). The maximum atomic E-state index is 12.6. The van der Waals surface area contributed by atoms with Crippen molar-refractivity contribution in [3.05, 3.63) is 23.3 Å². The van der Waals surface area contributed by atoms with Gasteiger partial charge in [-0.2, -0.15) is 0 Å². The fourth-order valence-electron chi connectivity index (χ4n) is 2.51. The Labute approximate surface area is 121 Å². The first-order chi connectivity index (χ1) is 9.58. The molecule has 106 valence electrons. The second-order valence-electron chi connectivity index (χ2n) is 5.30. The molecule has 1 amide bonds. The normalized spacial score (nSPS) is 23.2. The third kappa shape index (κ3) is 2.14. The minimum absolute atomic E-state index is 0.0883. The number of anilines is 1. The molecule has 1 aliphatic heterocycles. The van der Waals surface area contributed by atoms with E-state index in [4.69, 9.17) is 5.73 Å². The molecule has 1 fully saturated rings. The molecule has 20 heavy (non-hydrogen) atoms. The van der Waals surface area contributed by atoms with Gasteiger partial charge in [0.05, 0.1) is 16.5 Å². The summed E-state index contributed by atoms with van der Waals surface area (Å²) in [6.45, 7) is 3.06. The fraction of sp³-hybridized carbons (Fsp3) is 0.429. The molecule has 3 N–H and O–H groups in total. The number of aliphatic hydroxyl groups excluding tert-OH is 1. The number of β-amino-alcohol motifs (C(OH)–C–C–N with tert-alkyl or cyclic N) is 1. The lowest BCUT2D eigenvalue weighted by Crippen LogP contribution is -2.45. The number of piperidine rings is 1. The summed E-state index contributed by atoms with van der Waals surface area (Å²) in [6.07, 6.45) is 3.76. The number of nitrogen functional groups attached to an aromatic ring is 1. The van der Waals surface area contributed by atoms with Crippen molar-refractivity contribution in [2.75, 3.05) is 18.8 Å². The second kappa shape index (κ2) is 5.03. The Kier molecular flexibility index (Phi) is 3.35. The predicted molar refractivity (Wildman–Crippen MR) is 79.7 cm³/mol. The predicted octanol–water partition coefficient (Wildman–Crippen LogP) is 1.72. The Morgan fingerprint density at radius 3 is 3.10 bits per heavy atom. The van der Waals surface area contributed by atoms with Crippen LogP contribution in [0.2, 0.25) is 0 Å². The van der Waals surface area contributed by atoms with Crippen LogP contribution >= 0.6 is 11.3 Å². The van der Waals surface area contributed by atoms with E-state index in [0.29, 0.717) is 23.7 Å². The summed E-state index contributed by atoms with van der Waals surface area (Å²) in [5, 5.41) is 10.8. The lowest BCUT2D eigenvalue weighted by Gasteiger charge is -2.34. The van der Waals surface area contributed by atoms with Gasteiger partial charge in [-0.25, -0.2) is 0 Å². The van der Waals surface area contributed by atoms with Crippen LogP contribution in [0.25, 0.3) is 10.1 Å². The Morgan fingerprint density at radius 1 is 1.60 bits per heavy atom. The second-order valence-corrected chi connectivity index (χ2v) is 6.35. The third-order valence-corrected chi connectivity index (χ3v) is 5.08. The zero-order valence-corrected chi connectivity index (χ0v) is 12.1. The van der Waals surface area contributed by atoms with Gasteiger partial charge < -0.3 is 15.7 Å². The quantitative estimate of drug-likeness (QED) is 0.838. The first kappa shape index (κ1) is 13.3. The largest absolute Gasteiger partial charge is 0.397 e.